The van der Waals surface area contributed by atoms with Crippen LogP contribution in [0.5, 0.6) is 11.5 Å². The molecule has 1 aliphatic heterocycles. The van der Waals surface area contributed by atoms with Crippen molar-refractivity contribution in [2.24, 2.45) is 0 Å². The highest BCUT2D eigenvalue weighted by Gasteiger charge is 2.25. The van der Waals surface area contributed by atoms with Gasteiger partial charge in [-0.3, -0.25) is 4.79 Å². The average molecular weight is 481 g/mol. The van der Waals surface area contributed by atoms with Crippen molar-refractivity contribution in [3.63, 3.8) is 0 Å². The fourth-order valence-electron chi connectivity index (χ4n) is 3.42. The predicted octanol–water partition coefficient (Wildman–Crippen LogP) is 3.87. The van der Waals surface area contributed by atoms with Crippen LogP contribution >= 0.6 is 11.6 Å². The molecule has 1 N–H and O–H groups in total. The molecule has 1 saturated heterocycles. The molecule has 174 valence electrons. The van der Waals surface area contributed by atoms with E-state index in [0.29, 0.717) is 42.6 Å². The lowest BCUT2D eigenvalue weighted by atomic mass is 10.2. The molecule has 0 aromatic heterocycles. The summed E-state index contributed by atoms with van der Waals surface area (Å²) in [5, 5.41) is 3.40. The minimum Gasteiger partial charge on any atom is -0.492 e. The Morgan fingerprint density at radius 3 is 2.28 bits per heavy atom. The summed E-state index contributed by atoms with van der Waals surface area (Å²) in [6, 6.07) is 13.2. The number of piperidine rings is 1. The molecule has 0 radical (unpaired) electrons. The Kier molecular flexibility index (Phi) is 8.78. The van der Waals surface area contributed by atoms with Crippen molar-refractivity contribution < 1.29 is 22.7 Å². The predicted molar refractivity (Wildman–Crippen MR) is 124 cm³/mol. The number of hydrogen-bond acceptors (Lipinski definition) is 5. The molecular formula is C23H29ClN2O5S. The summed E-state index contributed by atoms with van der Waals surface area (Å²) < 4.78 is 38.3. The van der Waals surface area contributed by atoms with E-state index in [4.69, 9.17) is 21.1 Å². The maximum atomic E-state index is 12.7. The van der Waals surface area contributed by atoms with Gasteiger partial charge >= 0.3 is 0 Å². The molecule has 1 fully saturated rings. The molecular weight excluding hydrogens is 452 g/mol. The summed E-state index contributed by atoms with van der Waals surface area (Å²) in [4.78, 5) is 12.6. The molecule has 1 aliphatic rings. The Labute approximate surface area is 194 Å². The number of nitrogens with zero attached hydrogens (tertiary/aromatic N) is 1. The summed E-state index contributed by atoms with van der Waals surface area (Å²) in [6.07, 6.45) is 2.77. The standard InChI is InChI=1S/C23H29ClN2O5S/c1-2-22(31-20-8-6-18(24)7-9-20)23(27)25-14-17-30-19-10-12-21(13-11-19)32(28,29)26-15-4-3-5-16-26/h6-13,22H,2-5,14-17H2,1H3,(H,25,27). The van der Waals surface area contributed by atoms with Gasteiger partial charge in [-0.1, -0.05) is 24.9 Å². The molecule has 0 aliphatic carbocycles. The van der Waals surface area contributed by atoms with Gasteiger partial charge in [-0.25, -0.2) is 8.42 Å². The SMILES string of the molecule is CCC(Oc1ccc(Cl)cc1)C(=O)NCCOc1ccc(S(=O)(=O)N2CCCCC2)cc1. The van der Waals surface area contributed by atoms with Crippen LogP contribution in [0.3, 0.4) is 0 Å². The molecule has 1 unspecified atom stereocenters. The fraction of sp³-hybridized carbons (Fsp3) is 0.435. The summed E-state index contributed by atoms with van der Waals surface area (Å²) >= 11 is 5.87. The molecule has 2 aromatic rings. The summed E-state index contributed by atoms with van der Waals surface area (Å²) in [5.41, 5.74) is 0. The van der Waals surface area contributed by atoms with Gasteiger partial charge in [0.05, 0.1) is 11.4 Å². The highest BCUT2D eigenvalue weighted by Crippen LogP contribution is 2.22. The Morgan fingerprint density at radius 2 is 1.66 bits per heavy atom. The number of hydrogen-bond donors (Lipinski definition) is 1. The largest absolute Gasteiger partial charge is 0.492 e. The molecule has 32 heavy (non-hydrogen) atoms. The Hall–Kier alpha value is -2.29. The molecule has 1 amide bonds. The molecule has 0 spiro atoms. The zero-order chi connectivity index (χ0) is 23.0. The first-order valence-electron chi connectivity index (χ1n) is 10.8. The van der Waals surface area contributed by atoms with Gasteiger partial charge < -0.3 is 14.8 Å². The van der Waals surface area contributed by atoms with Crippen LogP contribution in [0.15, 0.2) is 53.4 Å². The topological polar surface area (TPSA) is 84.9 Å². The first kappa shape index (κ1) is 24.4. The Bertz CT molecular complexity index is 974. The molecule has 0 bridgehead atoms. The number of rotatable bonds is 10. The van der Waals surface area contributed by atoms with E-state index >= 15 is 0 Å². The van der Waals surface area contributed by atoms with E-state index < -0.39 is 16.1 Å². The van der Waals surface area contributed by atoms with E-state index in [1.807, 2.05) is 6.92 Å². The normalized spacial score (nSPS) is 15.7. The summed E-state index contributed by atoms with van der Waals surface area (Å²) in [6.45, 7) is 3.56. The van der Waals surface area contributed by atoms with Crippen LogP contribution in [0.1, 0.15) is 32.6 Å². The van der Waals surface area contributed by atoms with Gasteiger partial charge in [0.15, 0.2) is 6.10 Å². The molecule has 1 heterocycles. The number of benzene rings is 2. The smallest absolute Gasteiger partial charge is 0.261 e. The van der Waals surface area contributed by atoms with E-state index in [1.165, 1.54) is 4.31 Å². The molecule has 1 atom stereocenters. The zero-order valence-corrected chi connectivity index (χ0v) is 19.7. The van der Waals surface area contributed by atoms with Gasteiger partial charge in [-0.2, -0.15) is 4.31 Å². The Morgan fingerprint density at radius 1 is 1.03 bits per heavy atom. The van der Waals surface area contributed by atoms with Gasteiger partial charge in [0.1, 0.15) is 18.1 Å². The highest BCUT2D eigenvalue weighted by molar-refractivity contribution is 7.89. The van der Waals surface area contributed by atoms with Crippen LogP contribution in [0.4, 0.5) is 0 Å². The monoisotopic (exact) mass is 480 g/mol. The number of halogens is 1. The Balaban J connectivity index is 1.44. The lowest BCUT2D eigenvalue weighted by Gasteiger charge is -2.25. The van der Waals surface area contributed by atoms with Crippen LogP contribution < -0.4 is 14.8 Å². The third-order valence-electron chi connectivity index (χ3n) is 5.20. The quantitative estimate of drug-likeness (QED) is 0.522. The second kappa shape index (κ2) is 11.5. The van der Waals surface area contributed by atoms with E-state index in [2.05, 4.69) is 5.32 Å². The second-order valence-electron chi connectivity index (χ2n) is 7.54. The van der Waals surface area contributed by atoms with Gasteiger partial charge in [-0.15, -0.1) is 0 Å². The first-order valence-corrected chi connectivity index (χ1v) is 12.6. The van der Waals surface area contributed by atoms with Crippen LogP contribution in [0.25, 0.3) is 0 Å². The summed E-state index contributed by atoms with van der Waals surface area (Å²) in [5.74, 6) is 0.891. The average Bonchev–Trinajstić information content (AvgIpc) is 2.82. The number of nitrogens with one attached hydrogen (secondary N) is 1. The number of ether oxygens (including phenoxy) is 2. The van der Waals surface area contributed by atoms with E-state index in [9.17, 15) is 13.2 Å². The molecule has 9 heteroatoms. The van der Waals surface area contributed by atoms with E-state index in [1.54, 1.807) is 48.5 Å². The van der Waals surface area contributed by atoms with Gasteiger partial charge in [-0.05, 0) is 67.8 Å². The van der Waals surface area contributed by atoms with Crippen LogP contribution in [-0.2, 0) is 14.8 Å². The maximum Gasteiger partial charge on any atom is 0.261 e. The van der Waals surface area contributed by atoms with Crippen molar-refractivity contribution in [1.29, 1.82) is 0 Å². The van der Waals surface area contributed by atoms with Crippen LogP contribution in [0.2, 0.25) is 5.02 Å². The van der Waals surface area contributed by atoms with Crippen molar-refractivity contribution in [2.45, 2.75) is 43.6 Å². The van der Waals surface area contributed by atoms with Crippen molar-refractivity contribution in [3.05, 3.63) is 53.6 Å². The molecule has 0 saturated carbocycles. The zero-order valence-electron chi connectivity index (χ0n) is 18.1. The van der Waals surface area contributed by atoms with Gasteiger partial charge in [0.25, 0.3) is 5.91 Å². The summed E-state index contributed by atoms with van der Waals surface area (Å²) in [7, 11) is -3.46. The van der Waals surface area contributed by atoms with Gasteiger partial charge in [0, 0.05) is 18.1 Å². The number of sulfonamides is 1. The minimum atomic E-state index is -3.46. The van der Waals surface area contributed by atoms with Gasteiger partial charge in [0.2, 0.25) is 10.0 Å². The van der Waals surface area contributed by atoms with E-state index in [-0.39, 0.29) is 17.4 Å². The fourth-order valence-corrected chi connectivity index (χ4v) is 5.06. The van der Waals surface area contributed by atoms with E-state index in [0.717, 1.165) is 19.3 Å². The highest BCUT2D eigenvalue weighted by atomic mass is 35.5. The van der Waals surface area contributed by atoms with Crippen molar-refractivity contribution >= 4 is 27.5 Å². The lowest BCUT2D eigenvalue weighted by molar-refractivity contribution is -0.128. The van der Waals surface area contributed by atoms with Crippen molar-refractivity contribution in [1.82, 2.24) is 9.62 Å². The number of amides is 1. The van der Waals surface area contributed by atoms with Crippen molar-refractivity contribution in [3.8, 4) is 11.5 Å². The maximum absolute atomic E-state index is 12.7. The molecule has 3 rings (SSSR count). The third kappa shape index (κ3) is 6.60. The van der Waals surface area contributed by atoms with Crippen LogP contribution in [-0.4, -0.2) is 51.0 Å². The lowest BCUT2D eigenvalue weighted by Crippen LogP contribution is -2.39. The number of carbonyl (C=O) groups excluding carboxylic acids is 1. The van der Waals surface area contributed by atoms with Crippen molar-refractivity contribution in [2.75, 3.05) is 26.2 Å². The van der Waals surface area contributed by atoms with Crippen LogP contribution in [0, 0.1) is 0 Å². The number of carbonyl (C=O) groups is 1. The third-order valence-corrected chi connectivity index (χ3v) is 7.37. The molecule has 7 nitrogen and oxygen atoms in total. The minimum absolute atomic E-state index is 0.228. The second-order valence-corrected chi connectivity index (χ2v) is 9.92. The molecule has 2 aromatic carbocycles. The first-order chi connectivity index (χ1) is 15.4.